The Morgan fingerprint density at radius 3 is 2.41 bits per heavy atom. The first-order valence-corrected chi connectivity index (χ1v) is 10.7. The number of amides is 1. The summed E-state index contributed by atoms with van der Waals surface area (Å²) in [5.41, 5.74) is 3.95. The maximum absolute atomic E-state index is 12.4. The molecule has 0 aliphatic heterocycles. The molecule has 140 valence electrons. The number of nitrogens with one attached hydrogen (secondary N) is 1. The van der Waals surface area contributed by atoms with Gasteiger partial charge in [-0.1, -0.05) is 48.0 Å². The van der Waals surface area contributed by atoms with Gasteiger partial charge in [0.1, 0.15) is 0 Å². The summed E-state index contributed by atoms with van der Waals surface area (Å²) in [7, 11) is -2.69. The molecule has 0 saturated carbocycles. The van der Waals surface area contributed by atoms with E-state index in [2.05, 4.69) is 11.2 Å². The number of halogens is 1. The third-order valence-electron chi connectivity index (χ3n) is 4.39. The molecular weight excluding hydrogens is 380 g/mol. The lowest BCUT2D eigenvalue weighted by molar-refractivity contribution is -0.117. The molecule has 0 radical (unpaired) electrons. The summed E-state index contributed by atoms with van der Waals surface area (Å²) in [6.07, 6.45) is 5.12. The molecule has 0 spiro atoms. The average Bonchev–Trinajstić information content (AvgIpc) is 3.12. The molecule has 0 bridgehead atoms. The molecule has 1 atom stereocenters. The number of hydrogen-bond donors (Lipinski definition) is 2. The van der Waals surface area contributed by atoms with Crippen molar-refractivity contribution in [3.05, 3.63) is 82.4 Å². The standard InChI is InChI=1S/C21H21ClN2O2S/c1-27(23,26)20-10-2-15(3-11-20)12-13-24-21(25)18-5-4-17(14-18)16-6-8-19(22)9-7-16/h2-11H,1,12-14H2,(H2,23,26)(H,24,25). The van der Waals surface area contributed by atoms with Gasteiger partial charge in [0.05, 0.1) is 9.71 Å². The van der Waals surface area contributed by atoms with Crippen molar-refractivity contribution in [3.8, 4) is 0 Å². The van der Waals surface area contributed by atoms with Gasteiger partial charge >= 0.3 is 0 Å². The fourth-order valence-corrected chi connectivity index (χ4v) is 3.59. The van der Waals surface area contributed by atoms with Crippen LogP contribution in [-0.2, 0) is 20.9 Å². The van der Waals surface area contributed by atoms with Gasteiger partial charge in [-0.15, -0.1) is 0 Å². The second-order valence-corrected chi connectivity index (χ2v) is 8.80. The molecular formula is C21H21ClN2O2S. The molecule has 0 fully saturated rings. The van der Waals surface area contributed by atoms with E-state index in [1.54, 1.807) is 12.1 Å². The zero-order chi connectivity index (χ0) is 19.4. The molecule has 2 aromatic carbocycles. The minimum Gasteiger partial charge on any atom is -0.352 e. The predicted molar refractivity (Wildman–Crippen MR) is 113 cm³/mol. The van der Waals surface area contributed by atoms with E-state index in [4.69, 9.17) is 16.7 Å². The largest absolute Gasteiger partial charge is 0.352 e. The lowest BCUT2D eigenvalue weighted by Gasteiger charge is -2.09. The molecule has 1 amide bonds. The molecule has 0 heterocycles. The van der Waals surface area contributed by atoms with E-state index in [0.717, 1.165) is 22.3 Å². The maximum Gasteiger partial charge on any atom is 0.247 e. The smallest absolute Gasteiger partial charge is 0.247 e. The van der Waals surface area contributed by atoms with Crippen molar-refractivity contribution < 1.29 is 9.00 Å². The van der Waals surface area contributed by atoms with Gasteiger partial charge in [-0.3, -0.25) is 9.93 Å². The highest BCUT2D eigenvalue weighted by Crippen LogP contribution is 2.28. The van der Waals surface area contributed by atoms with Crippen molar-refractivity contribution >= 4 is 38.7 Å². The van der Waals surface area contributed by atoms with Gasteiger partial charge < -0.3 is 5.32 Å². The van der Waals surface area contributed by atoms with Crippen LogP contribution in [-0.4, -0.2) is 22.5 Å². The van der Waals surface area contributed by atoms with E-state index < -0.39 is 9.71 Å². The summed E-state index contributed by atoms with van der Waals surface area (Å²) in [6.45, 7) is 0.522. The van der Waals surface area contributed by atoms with Crippen molar-refractivity contribution in [2.75, 3.05) is 6.54 Å². The number of carbonyl (C=O) groups excluding carboxylic acids is 1. The second-order valence-electron chi connectivity index (χ2n) is 6.44. The summed E-state index contributed by atoms with van der Waals surface area (Å²) >= 11 is 5.92. The molecule has 1 aliphatic carbocycles. The van der Waals surface area contributed by atoms with E-state index >= 15 is 0 Å². The molecule has 6 heteroatoms. The molecule has 4 nitrogen and oxygen atoms in total. The van der Waals surface area contributed by atoms with Crippen molar-refractivity contribution in [1.82, 2.24) is 5.32 Å². The van der Waals surface area contributed by atoms with Crippen LogP contribution in [0, 0.1) is 0 Å². The van der Waals surface area contributed by atoms with E-state index in [1.807, 2.05) is 48.6 Å². The van der Waals surface area contributed by atoms with E-state index in [-0.39, 0.29) is 5.91 Å². The first kappa shape index (κ1) is 19.4. The Bertz CT molecular complexity index is 1010. The zero-order valence-electron chi connectivity index (χ0n) is 14.8. The van der Waals surface area contributed by atoms with Crippen LogP contribution in [0.4, 0.5) is 0 Å². The number of hydrogen-bond acceptors (Lipinski definition) is 2. The first-order chi connectivity index (χ1) is 12.8. The Morgan fingerprint density at radius 1 is 1.11 bits per heavy atom. The van der Waals surface area contributed by atoms with E-state index in [9.17, 15) is 9.00 Å². The van der Waals surface area contributed by atoms with Crippen LogP contribution in [0.25, 0.3) is 5.57 Å². The van der Waals surface area contributed by atoms with Crippen LogP contribution in [0.1, 0.15) is 17.5 Å². The van der Waals surface area contributed by atoms with Gasteiger partial charge in [0.2, 0.25) is 5.91 Å². The number of nitrogens with two attached hydrogens (primary N) is 1. The van der Waals surface area contributed by atoms with Crippen LogP contribution >= 0.6 is 11.6 Å². The number of allylic oxidation sites excluding steroid dienone is 3. The summed E-state index contributed by atoms with van der Waals surface area (Å²) < 4.78 is 11.7. The topological polar surface area (TPSA) is 72.2 Å². The fraction of sp³-hybridized carbons (Fsp3) is 0.143. The zero-order valence-corrected chi connectivity index (χ0v) is 16.4. The fourth-order valence-electron chi connectivity index (χ4n) is 2.86. The highest BCUT2D eigenvalue weighted by Gasteiger charge is 2.16. The van der Waals surface area contributed by atoms with Crippen LogP contribution in [0.2, 0.25) is 5.02 Å². The normalized spacial score (nSPS) is 15.6. The monoisotopic (exact) mass is 400 g/mol. The Balaban J connectivity index is 1.48. The van der Waals surface area contributed by atoms with Crippen molar-refractivity contribution in [1.29, 1.82) is 0 Å². The van der Waals surface area contributed by atoms with Crippen LogP contribution in [0.15, 0.2) is 71.2 Å². The maximum atomic E-state index is 12.4. The Hall–Kier alpha value is -2.34. The quantitative estimate of drug-likeness (QED) is 0.730. The third-order valence-corrected chi connectivity index (χ3v) is 5.72. The van der Waals surface area contributed by atoms with Crippen molar-refractivity contribution in [3.63, 3.8) is 0 Å². The number of benzene rings is 2. The highest BCUT2D eigenvalue weighted by molar-refractivity contribution is 7.98. The number of rotatable bonds is 6. The summed E-state index contributed by atoms with van der Waals surface area (Å²) in [4.78, 5) is 12.9. The average molecular weight is 401 g/mol. The minimum atomic E-state index is -2.69. The first-order valence-electron chi connectivity index (χ1n) is 8.51. The van der Waals surface area contributed by atoms with Crippen molar-refractivity contribution in [2.24, 2.45) is 5.14 Å². The molecule has 1 aliphatic rings. The Morgan fingerprint density at radius 2 is 1.78 bits per heavy atom. The van der Waals surface area contributed by atoms with Crippen LogP contribution < -0.4 is 10.5 Å². The molecule has 3 N–H and O–H groups in total. The van der Waals surface area contributed by atoms with Gasteiger partial charge in [0.15, 0.2) is 0 Å². The van der Waals surface area contributed by atoms with Crippen molar-refractivity contribution in [2.45, 2.75) is 17.7 Å². The van der Waals surface area contributed by atoms with Gasteiger partial charge in [0.25, 0.3) is 0 Å². The van der Waals surface area contributed by atoms with Gasteiger partial charge in [-0.25, -0.2) is 4.21 Å². The summed E-state index contributed by atoms with van der Waals surface area (Å²) in [6, 6.07) is 14.7. The molecule has 0 saturated heterocycles. The lowest BCUT2D eigenvalue weighted by Crippen LogP contribution is -2.26. The van der Waals surface area contributed by atoms with Crippen LogP contribution in [0.5, 0.6) is 0 Å². The minimum absolute atomic E-state index is 0.0606. The van der Waals surface area contributed by atoms with Gasteiger partial charge in [0, 0.05) is 28.5 Å². The molecule has 1 unspecified atom stereocenters. The second kappa shape index (κ2) is 8.13. The van der Waals surface area contributed by atoms with E-state index in [0.29, 0.717) is 29.3 Å². The summed E-state index contributed by atoms with van der Waals surface area (Å²) in [5.74, 6) is 3.40. The highest BCUT2D eigenvalue weighted by atomic mass is 35.5. The SMILES string of the molecule is C=S(N)(=O)c1ccc(CCNC(=O)C2=CC=C(c3ccc(Cl)cc3)C2)cc1. The molecule has 0 aromatic heterocycles. The van der Waals surface area contributed by atoms with Gasteiger partial charge in [-0.05, 0) is 53.3 Å². The Labute approximate surface area is 164 Å². The third kappa shape index (κ3) is 5.10. The molecule has 2 aromatic rings. The predicted octanol–water partition coefficient (Wildman–Crippen LogP) is 3.36. The lowest BCUT2D eigenvalue weighted by atomic mass is 10.0. The summed E-state index contributed by atoms with van der Waals surface area (Å²) in [5, 5.41) is 9.16. The van der Waals surface area contributed by atoms with Gasteiger partial charge in [-0.2, -0.15) is 0 Å². The number of carbonyl (C=O) groups is 1. The van der Waals surface area contributed by atoms with Crippen LogP contribution in [0.3, 0.4) is 0 Å². The Kier molecular flexibility index (Phi) is 5.85. The molecule has 3 rings (SSSR count). The van der Waals surface area contributed by atoms with E-state index in [1.165, 1.54) is 0 Å². The molecule has 27 heavy (non-hydrogen) atoms.